The minimum atomic E-state index is -0.0485. The Kier molecular flexibility index (Phi) is 5.63. The third kappa shape index (κ3) is 3.52. The van der Waals surface area contributed by atoms with Gasteiger partial charge in [-0.2, -0.15) is 11.8 Å². The first-order valence-electron chi connectivity index (χ1n) is 7.90. The maximum absolute atomic E-state index is 13.1. The molecule has 0 spiro atoms. The van der Waals surface area contributed by atoms with Gasteiger partial charge in [0, 0.05) is 11.5 Å². The summed E-state index contributed by atoms with van der Waals surface area (Å²) in [6.07, 6.45) is 2.09. The van der Waals surface area contributed by atoms with Crippen LogP contribution in [0.5, 0.6) is 0 Å². The van der Waals surface area contributed by atoms with Gasteiger partial charge >= 0.3 is 0 Å². The third-order valence-corrected chi connectivity index (χ3v) is 5.79. The molecule has 5 heteroatoms. The molecule has 1 atom stereocenters. The summed E-state index contributed by atoms with van der Waals surface area (Å²) in [5.74, 6) is 1.97. The van der Waals surface area contributed by atoms with Gasteiger partial charge in [-0.25, -0.2) is 4.98 Å². The zero-order valence-corrected chi connectivity index (χ0v) is 15.4. The lowest BCUT2D eigenvalue weighted by atomic mass is 10.1. The molecule has 2 aromatic carbocycles. The van der Waals surface area contributed by atoms with Gasteiger partial charge in [0.15, 0.2) is 5.16 Å². The highest BCUT2D eigenvalue weighted by molar-refractivity contribution is 8.02. The average Bonchev–Trinajstić information content (AvgIpc) is 2.62. The predicted molar refractivity (Wildman–Crippen MR) is 105 cm³/mol. The molecule has 0 saturated carbocycles. The molecule has 0 aliphatic heterocycles. The van der Waals surface area contributed by atoms with E-state index in [4.69, 9.17) is 4.98 Å². The first-order chi connectivity index (χ1) is 11.7. The monoisotopic (exact) mass is 356 g/mol. The van der Waals surface area contributed by atoms with Crippen molar-refractivity contribution in [3.63, 3.8) is 0 Å². The van der Waals surface area contributed by atoms with E-state index in [0.29, 0.717) is 5.39 Å². The first kappa shape index (κ1) is 17.1. The fourth-order valence-electron chi connectivity index (χ4n) is 2.67. The minimum Gasteiger partial charge on any atom is -0.280 e. The van der Waals surface area contributed by atoms with Crippen LogP contribution >= 0.6 is 23.5 Å². The first-order valence-corrected chi connectivity index (χ1v) is 10.3. The van der Waals surface area contributed by atoms with Crippen molar-refractivity contribution >= 4 is 34.4 Å². The quantitative estimate of drug-likeness (QED) is 0.371. The Bertz CT molecular complexity index is 877. The Hall–Kier alpha value is -1.72. The van der Waals surface area contributed by atoms with Crippen LogP contribution in [0.2, 0.25) is 0 Å². The Morgan fingerprint density at radius 1 is 1.04 bits per heavy atom. The van der Waals surface area contributed by atoms with Crippen molar-refractivity contribution in [3.8, 4) is 0 Å². The number of hydrogen-bond acceptors (Lipinski definition) is 4. The van der Waals surface area contributed by atoms with Crippen LogP contribution < -0.4 is 5.56 Å². The predicted octanol–water partition coefficient (Wildman–Crippen LogP) is 4.46. The van der Waals surface area contributed by atoms with E-state index >= 15 is 0 Å². The number of nitrogens with zero attached hydrogens (tertiary/aromatic N) is 2. The van der Waals surface area contributed by atoms with E-state index in [-0.39, 0.29) is 11.6 Å². The second-order valence-corrected chi connectivity index (χ2v) is 7.56. The smallest absolute Gasteiger partial charge is 0.262 e. The van der Waals surface area contributed by atoms with E-state index in [1.807, 2.05) is 47.0 Å². The van der Waals surface area contributed by atoms with Gasteiger partial charge in [-0.05, 0) is 30.9 Å². The van der Waals surface area contributed by atoms with E-state index in [1.165, 1.54) is 0 Å². The zero-order valence-electron chi connectivity index (χ0n) is 13.8. The van der Waals surface area contributed by atoms with E-state index in [1.54, 1.807) is 23.5 Å². The summed E-state index contributed by atoms with van der Waals surface area (Å²) in [5, 5.41) is 1.47. The summed E-state index contributed by atoms with van der Waals surface area (Å²) >= 11 is 3.46. The van der Waals surface area contributed by atoms with Crippen LogP contribution in [0.1, 0.15) is 18.5 Å². The van der Waals surface area contributed by atoms with Gasteiger partial charge in [-0.3, -0.25) is 9.36 Å². The Balaban J connectivity index is 2.14. The molecule has 0 radical (unpaired) electrons. The van der Waals surface area contributed by atoms with Crippen LogP contribution in [0.15, 0.2) is 64.5 Å². The van der Waals surface area contributed by atoms with Gasteiger partial charge in [0.05, 0.1) is 16.9 Å². The maximum Gasteiger partial charge on any atom is 0.262 e. The van der Waals surface area contributed by atoms with Gasteiger partial charge in [0.25, 0.3) is 5.56 Å². The summed E-state index contributed by atoms with van der Waals surface area (Å²) in [4.78, 5) is 17.9. The number of para-hydroxylation sites is 1. The van der Waals surface area contributed by atoms with Crippen molar-refractivity contribution in [2.45, 2.75) is 18.1 Å². The molecule has 0 bridgehead atoms. The van der Waals surface area contributed by atoms with Crippen molar-refractivity contribution in [1.82, 2.24) is 9.55 Å². The number of benzene rings is 2. The van der Waals surface area contributed by atoms with Gasteiger partial charge < -0.3 is 0 Å². The summed E-state index contributed by atoms with van der Waals surface area (Å²) in [5.41, 5.74) is 1.91. The summed E-state index contributed by atoms with van der Waals surface area (Å²) in [7, 11) is 0. The molecule has 0 saturated heterocycles. The van der Waals surface area contributed by atoms with E-state index < -0.39 is 0 Å². The van der Waals surface area contributed by atoms with E-state index in [2.05, 4.69) is 25.3 Å². The van der Waals surface area contributed by atoms with Crippen molar-refractivity contribution in [2.24, 2.45) is 0 Å². The molecular weight excluding hydrogens is 336 g/mol. The van der Waals surface area contributed by atoms with Gasteiger partial charge in [-0.1, -0.05) is 54.2 Å². The van der Waals surface area contributed by atoms with Crippen LogP contribution in [0.4, 0.5) is 0 Å². The summed E-state index contributed by atoms with van der Waals surface area (Å²) < 4.78 is 1.84. The molecule has 3 nitrogen and oxygen atoms in total. The highest BCUT2D eigenvalue weighted by atomic mass is 32.2. The van der Waals surface area contributed by atoms with Crippen LogP contribution in [0, 0.1) is 0 Å². The molecule has 0 unspecified atom stereocenters. The molecule has 0 fully saturated rings. The number of aromatic nitrogens is 2. The van der Waals surface area contributed by atoms with E-state index in [9.17, 15) is 4.79 Å². The van der Waals surface area contributed by atoms with Crippen LogP contribution in [-0.4, -0.2) is 27.3 Å². The third-order valence-electron chi connectivity index (χ3n) is 3.96. The molecule has 0 aliphatic carbocycles. The zero-order chi connectivity index (χ0) is 16.9. The molecule has 1 aromatic heterocycles. The highest BCUT2D eigenvalue weighted by Gasteiger charge is 2.17. The minimum absolute atomic E-state index is 0.0311. The van der Waals surface area contributed by atoms with Crippen LogP contribution in [0.25, 0.3) is 10.9 Å². The van der Waals surface area contributed by atoms with Crippen molar-refractivity contribution in [1.29, 1.82) is 0 Å². The number of hydrogen-bond donors (Lipinski definition) is 0. The Labute approximate surface area is 150 Å². The second-order valence-electron chi connectivity index (χ2n) is 5.51. The SMILES string of the molecule is CSCCSc1nc2ccccc2c(=O)n1[C@H](C)c1ccccc1. The molecule has 0 N–H and O–H groups in total. The van der Waals surface area contributed by atoms with Crippen molar-refractivity contribution in [2.75, 3.05) is 17.8 Å². The van der Waals surface area contributed by atoms with Gasteiger partial charge in [0.2, 0.25) is 0 Å². The number of fused-ring (bicyclic) bond motifs is 1. The molecule has 24 heavy (non-hydrogen) atoms. The number of thioether (sulfide) groups is 2. The van der Waals surface area contributed by atoms with E-state index in [0.717, 1.165) is 27.7 Å². The maximum atomic E-state index is 13.1. The van der Waals surface area contributed by atoms with Crippen molar-refractivity contribution < 1.29 is 0 Å². The topological polar surface area (TPSA) is 34.9 Å². The lowest BCUT2D eigenvalue weighted by Crippen LogP contribution is -2.27. The molecular formula is C19H20N2OS2. The standard InChI is InChI=1S/C19H20N2OS2/c1-14(15-8-4-3-5-9-15)21-18(22)16-10-6-7-11-17(16)20-19(21)24-13-12-23-2/h3-11,14H,12-13H2,1-2H3/t14-/m1/s1. The Morgan fingerprint density at radius 3 is 2.50 bits per heavy atom. The van der Waals surface area contributed by atoms with Crippen LogP contribution in [0.3, 0.4) is 0 Å². The molecule has 3 rings (SSSR count). The largest absolute Gasteiger partial charge is 0.280 e. The molecule has 3 aromatic rings. The van der Waals surface area contributed by atoms with Crippen LogP contribution in [-0.2, 0) is 0 Å². The molecule has 124 valence electrons. The lowest BCUT2D eigenvalue weighted by molar-refractivity contribution is 0.549. The molecule has 1 heterocycles. The number of rotatable bonds is 6. The molecule has 0 amide bonds. The van der Waals surface area contributed by atoms with Gasteiger partial charge in [0.1, 0.15) is 0 Å². The fraction of sp³-hybridized carbons (Fsp3) is 0.263. The highest BCUT2D eigenvalue weighted by Crippen LogP contribution is 2.25. The second kappa shape index (κ2) is 7.90. The van der Waals surface area contributed by atoms with Crippen molar-refractivity contribution in [3.05, 3.63) is 70.5 Å². The summed E-state index contributed by atoms with van der Waals surface area (Å²) in [6, 6.07) is 17.7. The average molecular weight is 357 g/mol. The normalized spacial score (nSPS) is 12.4. The Morgan fingerprint density at radius 2 is 1.75 bits per heavy atom. The summed E-state index contributed by atoms with van der Waals surface area (Å²) in [6.45, 7) is 2.06. The fourth-order valence-corrected chi connectivity index (χ4v) is 4.39. The molecule has 0 aliphatic rings. The van der Waals surface area contributed by atoms with Gasteiger partial charge in [-0.15, -0.1) is 0 Å². The lowest BCUT2D eigenvalue weighted by Gasteiger charge is -2.20.